The van der Waals surface area contributed by atoms with E-state index >= 15 is 0 Å². The van der Waals surface area contributed by atoms with E-state index in [-0.39, 0.29) is 24.5 Å². The van der Waals surface area contributed by atoms with Crippen molar-refractivity contribution < 1.29 is 14.3 Å². The van der Waals surface area contributed by atoms with Crippen LogP contribution < -0.4 is 5.32 Å². The van der Waals surface area contributed by atoms with E-state index in [2.05, 4.69) is 17.4 Å². The lowest BCUT2D eigenvalue weighted by atomic mass is 9.88. The first kappa shape index (κ1) is 13.6. The van der Waals surface area contributed by atoms with Gasteiger partial charge in [-0.15, -0.1) is 0 Å². The van der Waals surface area contributed by atoms with Gasteiger partial charge >= 0.3 is 5.97 Å². The summed E-state index contributed by atoms with van der Waals surface area (Å²) in [4.78, 5) is 22.8. The topological polar surface area (TPSA) is 55.4 Å². The predicted molar refractivity (Wildman–Crippen MR) is 71.5 cm³/mol. The monoisotopic (exact) mass is 261 g/mol. The minimum Gasteiger partial charge on any atom is -0.456 e. The maximum absolute atomic E-state index is 11.8. The molecule has 0 aliphatic heterocycles. The number of aryl methyl sites for hydroxylation is 1. The molecule has 1 aromatic rings. The van der Waals surface area contributed by atoms with Crippen molar-refractivity contribution in [2.24, 2.45) is 0 Å². The summed E-state index contributed by atoms with van der Waals surface area (Å²) in [5, 5.41) is 2.94. The number of carbonyl (C=O) groups is 2. The van der Waals surface area contributed by atoms with Crippen molar-refractivity contribution in [1.82, 2.24) is 5.32 Å². The summed E-state index contributed by atoms with van der Waals surface area (Å²) in [5.41, 5.74) is 2.48. The Balaban J connectivity index is 1.93. The zero-order valence-electron chi connectivity index (χ0n) is 11.1. The van der Waals surface area contributed by atoms with Gasteiger partial charge in [-0.05, 0) is 30.4 Å². The summed E-state index contributed by atoms with van der Waals surface area (Å²) < 4.78 is 4.83. The first-order valence-corrected chi connectivity index (χ1v) is 6.73. The smallest absolute Gasteiger partial charge is 0.306 e. The molecular weight excluding hydrogens is 242 g/mol. The van der Waals surface area contributed by atoms with Gasteiger partial charge in [-0.25, -0.2) is 0 Å². The van der Waals surface area contributed by atoms with Crippen LogP contribution in [0.5, 0.6) is 0 Å². The largest absolute Gasteiger partial charge is 0.456 e. The molecule has 1 atom stereocenters. The molecule has 4 nitrogen and oxygen atoms in total. The zero-order chi connectivity index (χ0) is 13.7. The third-order valence-electron chi connectivity index (χ3n) is 3.36. The number of hydrogen-bond acceptors (Lipinski definition) is 3. The summed E-state index contributed by atoms with van der Waals surface area (Å²) in [5.74, 6) is -0.581. The van der Waals surface area contributed by atoms with Gasteiger partial charge in [0, 0.05) is 6.42 Å². The molecule has 0 saturated carbocycles. The molecule has 1 aromatic carbocycles. The number of hydrogen-bond donors (Lipinski definition) is 1. The number of carbonyl (C=O) groups excluding carboxylic acids is 2. The molecular formula is C15H19NO3. The second kappa shape index (κ2) is 6.36. The molecule has 1 aliphatic carbocycles. The molecule has 19 heavy (non-hydrogen) atoms. The van der Waals surface area contributed by atoms with E-state index in [0.717, 1.165) is 19.3 Å². The molecule has 0 radical (unpaired) electrons. The highest BCUT2D eigenvalue weighted by atomic mass is 16.5. The highest BCUT2D eigenvalue weighted by Crippen LogP contribution is 2.29. The van der Waals surface area contributed by atoms with E-state index in [1.165, 1.54) is 11.1 Å². The Hall–Kier alpha value is -1.84. The minimum atomic E-state index is -0.348. The quantitative estimate of drug-likeness (QED) is 0.845. The van der Waals surface area contributed by atoms with Crippen LogP contribution >= 0.6 is 0 Å². The molecule has 1 N–H and O–H groups in total. The maximum Gasteiger partial charge on any atom is 0.306 e. The average molecular weight is 261 g/mol. The normalized spacial score (nSPS) is 17.4. The molecule has 0 bridgehead atoms. The number of nitrogens with one attached hydrogen (secondary N) is 1. The van der Waals surface area contributed by atoms with Crippen molar-refractivity contribution in [3.8, 4) is 0 Å². The third-order valence-corrected chi connectivity index (χ3v) is 3.36. The van der Waals surface area contributed by atoms with Crippen molar-refractivity contribution in [3.05, 3.63) is 35.4 Å². The van der Waals surface area contributed by atoms with E-state index in [1.807, 2.05) is 12.1 Å². The molecule has 2 rings (SSSR count). The maximum atomic E-state index is 11.8. The first-order valence-electron chi connectivity index (χ1n) is 6.73. The molecule has 4 heteroatoms. The fourth-order valence-corrected chi connectivity index (χ4v) is 2.39. The van der Waals surface area contributed by atoms with E-state index in [4.69, 9.17) is 4.74 Å². The Labute approximate surface area is 113 Å². The molecule has 1 amide bonds. The van der Waals surface area contributed by atoms with Crippen LogP contribution in [0.15, 0.2) is 24.3 Å². The number of esters is 1. The number of amides is 1. The number of ether oxygens (including phenoxy) is 1. The Morgan fingerprint density at radius 1 is 1.37 bits per heavy atom. The lowest BCUT2D eigenvalue weighted by Gasteiger charge is -2.26. The van der Waals surface area contributed by atoms with Gasteiger partial charge in [0.1, 0.15) is 0 Å². The van der Waals surface area contributed by atoms with Gasteiger partial charge in [0.05, 0.1) is 6.04 Å². The van der Waals surface area contributed by atoms with Crippen molar-refractivity contribution in [2.45, 2.75) is 38.6 Å². The van der Waals surface area contributed by atoms with Crippen LogP contribution in [0.4, 0.5) is 0 Å². The van der Waals surface area contributed by atoms with E-state index in [1.54, 1.807) is 6.92 Å². The number of fused-ring (bicyclic) bond motifs is 1. The fraction of sp³-hybridized carbons (Fsp3) is 0.467. The van der Waals surface area contributed by atoms with Gasteiger partial charge < -0.3 is 10.1 Å². The Kier molecular flexibility index (Phi) is 4.55. The summed E-state index contributed by atoms with van der Waals surface area (Å²) in [6.07, 6.45) is 3.36. The van der Waals surface area contributed by atoms with Crippen molar-refractivity contribution >= 4 is 11.9 Å². The van der Waals surface area contributed by atoms with E-state index in [0.29, 0.717) is 6.42 Å². The minimum absolute atomic E-state index is 0.0396. The average Bonchev–Trinajstić information content (AvgIpc) is 2.45. The second-order valence-corrected chi connectivity index (χ2v) is 4.73. The van der Waals surface area contributed by atoms with Crippen LogP contribution in [0.1, 0.15) is 43.4 Å². The van der Waals surface area contributed by atoms with Gasteiger partial charge in [-0.2, -0.15) is 0 Å². The SMILES string of the molecule is CCC(=O)OCC(=O)N[C@@H]1CCCc2ccccc21. The highest BCUT2D eigenvalue weighted by Gasteiger charge is 2.21. The Bertz CT molecular complexity index is 470. The molecule has 102 valence electrons. The molecule has 0 fully saturated rings. The lowest BCUT2D eigenvalue weighted by Crippen LogP contribution is -2.34. The van der Waals surface area contributed by atoms with Crippen LogP contribution in [-0.4, -0.2) is 18.5 Å². The van der Waals surface area contributed by atoms with Gasteiger partial charge in [0.2, 0.25) is 0 Å². The van der Waals surface area contributed by atoms with Crippen molar-refractivity contribution in [3.63, 3.8) is 0 Å². The lowest BCUT2D eigenvalue weighted by molar-refractivity contribution is -0.148. The fourth-order valence-electron chi connectivity index (χ4n) is 2.39. The summed E-state index contributed by atoms with van der Waals surface area (Å²) in [6, 6.07) is 8.20. The second-order valence-electron chi connectivity index (χ2n) is 4.73. The van der Waals surface area contributed by atoms with Gasteiger partial charge in [0.15, 0.2) is 6.61 Å². The summed E-state index contributed by atoms with van der Waals surface area (Å²) in [7, 11) is 0. The van der Waals surface area contributed by atoms with E-state index < -0.39 is 0 Å². The molecule has 0 aromatic heterocycles. The van der Waals surface area contributed by atoms with Crippen LogP contribution in [-0.2, 0) is 20.7 Å². The molecule has 0 unspecified atom stereocenters. The van der Waals surface area contributed by atoms with Gasteiger partial charge in [0.25, 0.3) is 5.91 Å². The highest BCUT2D eigenvalue weighted by molar-refractivity contribution is 5.80. The molecule has 0 heterocycles. The Morgan fingerprint density at radius 3 is 2.95 bits per heavy atom. The Morgan fingerprint density at radius 2 is 2.16 bits per heavy atom. The summed E-state index contributed by atoms with van der Waals surface area (Å²) >= 11 is 0. The van der Waals surface area contributed by atoms with Gasteiger partial charge in [-0.1, -0.05) is 31.2 Å². The van der Waals surface area contributed by atoms with Crippen LogP contribution in [0.25, 0.3) is 0 Å². The van der Waals surface area contributed by atoms with Crippen molar-refractivity contribution in [2.75, 3.05) is 6.61 Å². The van der Waals surface area contributed by atoms with E-state index in [9.17, 15) is 9.59 Å². The number of rotatable bonds is 4. The standard InChI is InChI=1S/C15H19NO3/c1-2-15(18)19-10-14(17)16-13-9-5-7-11-6-3-4-8-12(11)13/h3-4,6,8,13H,2,5,7,9-10H2,1H3,(H,16,17)/t13-/m1/s1. The van der Waals surface area contributed by atoms with Crippen LogP contribution in [0, 0.1) is 0 Å². The van der Waals surface area contributed by atoms with Crippen LogP contribution in [0.2, 0.25) is 0 Å². The van der Waals surface area contributed by atoms with Gasteiger partial charge in [-0.3, -0.25) is 9.59 Å². The third kappa shape index (κ3) is 3.56. The molecule has 1 aliphatic rings. The molecule has 0 saturated heterocycles. The first-order chi connectivity index (χ1) is 9.20. The van der Waals surface area contributed by atoms with Crippen molar-refractivity contribution in [1.29, 1.82) is 0 Å². The summed E-state index contributed by atoms with van der Waals surface area (Å²) in [6.45, 7) is 1.52. The van der Waals surface area contributed by atoms with Crippen LogP contribution in [0.3, 0.4) is 0 Å². The number of benzene rings is 1. The zero-order valence-corrected chi connectivity index (χ0v) is 11.1. The predicted octanol–water partition coefficient (Wildman–Crippen LogP) is 2.13. The molecule has 0 spiro atoms.